The first-order chi connectivity index (χ1) is 3.79. The molecule has 1 atom stereocenters. The summed E-state index contributed by atoms with van der Waals surface area (Å²) in [6, 6.07) is 0. The van der Waals surface area contributed by atoms with Gasteiger partial charge in [0.2, 0.25) is 0 Å². The van der Waals surface area contributed by atoms with E-state index in [0.717, 1.165) is 18.6 Å². The Labute approximate surface area is 57.4 Å². The van der Waals surface area contributed by atoms with Crippen molar-refractivity contribution in [3.8, 4) is 0 Å². The Morgan fingerprint density at radius 3 is 2.88 bits per heavy atom. The fourth-order valence-corrected chi connectivity index (χ4v) is 1.08. The van der Waals surface area contributed by atoms with Crippen LogP contribution in [0.2, 0.25) is 0 Å². The summed E-state index contributed by atoms with van der Waals surface area (Å²) >= 11 is 3.43. The Hall–Kier alpha value is -0.110. The highest BCUT2D eigenvalue weighted by Gasteiger charge is 2.05. The van der Waals surface area contributed by atoms with Gasteiger partial charge in [0.05, 0.1) is 0 Å². The van der Waals surface area contributed by atoms with Gasteiger partial charge in [0.25, 0.3) is 0 Å². The molecule has 1 rings (SSSR count). The van der Waals surface area contributed by atoms with E-state index < -0.39 is 0 Å². The molecule has 0 radical (unpaired) electrons. The molecule has 0 aliphatic heterocycles. The Morgan fingerprint density at radius 1 is 1.75 bits per heavy atom. The van der Waals surface area contributed by atoms with Crippen molar-refractivity contribution in [2.75, 3.05) is 0 Å². The molecule has 1 N–H and O–H groups in total. The zero-order valence-electron chi connectivity index (χ0n) is 4.52. The lowest BCUT2D eigenvalue weighted by Crippen LogP contribution is -2.04. The maximum absolute atomic E-state index is 7.17. The van der Waals surface area contributed by atoms with Gasteiger partial charge in [-0.15, -0.1) is 0 Å². The van der Waals surface area contributed by atoms with Crippen LogP contribution >= 0.6 is 15.9 Å². The minimum absolute atomic E-state index is 0.511. The maximum Gasteiger partial charge on any atom is 0.0332 e. The minimum atomic E-state index is 0.511. The second-order valence-electron chi connectivity index (χ2n) is 1.94. The Morgan fingerprint density at radius 2 is 2.50 bits per heavy atom. The van der Waals surface area contributed by atoms with Crippen molar-refractivity contribution in [1.29, 1.82) is 5.41 Å². The number of nitrogens with one attached hydrogen (secondary N) is 1. The molecule has 0 aromatic rings. The number of allylic oxidation sites excluding steroid dienone is 2. The second-order valence-corrected chi connectivity index (χ2v) is 3.12. The van der Waals surface area contributed by atoms with E-state index in [2.05, 4.69) is 15.9 Å². The van der Waals surface area contributed by atoms with E-state index in [1.54, 1.807) is 0 Å². The highest BCUT2D eigenvalue weighted by Crippen LogP contribution is 2.14. The van der Waals surface area contributed by atoms with E-state index in [4.69, 9.17) is 5.41 Å². The van der Waals surface area contributed by atoms with Gasteiger partial charge >= 0.3 is 0 Å². The van der Waals surface area contributed by atoms with Crippen molar-refractivity contribution in [3.05, 3.63) is 12.2 Å². The van der Waals surface area contributed by atoms with Crippen LogP contribution in [0.25, 0.3) is 0 Å². The fraction of sp³-hybridized carbons (Fsp3) is 0.500. The molecule has 1 nitrogen and oxygen atoms in total. The lowest BCUT2D eigenvalue weighted by atomic mass is 10.1. The molecule has 0 saturated carbocycles. The lowest BCUT2D eigenvalue weighted by Gasteiger charge is -2.08. The first kappa shape index (κ1) is 6.02. The SMILES string of the molecule is N=C1C=CC(Br)CC1. The molecule has 1 unspecified atom stereocenters. The van der Waals surface area contributed by atoms with E-state index in [1.165, 1.54) is 0 Å². The van der Waals surface area contributed by atoms with Crippen molar-refractivity contribution >= 4 is 21.6 Å². The third-order valence-electron chi connectivity index (χ3n) is 1.20. The molecular weight excluding hydrogens is 166 g/mol. The molecule has 8 heavy (non-hydrogen) atoms. The Kier molecular flexibility index (Phi) is 1.84. The quantitative estimate of drug-likeness (QED) is 0.544. The van der Waals surface area contributed by atoms with Crippen LogP contribution in [0.5, 0.6) is 0 Å². The average molecular weight is 174 g/mol. The molecule has 0 fully saturated rings. The molecule has 0 amide bonds. The van der Waals surface area contributed by atoms with Crippen LogP contribution in [0.15, 0.2) is 12.2 Å². The van der Waals surface area contributed by atoms with Gasteiger partial charge in [-0.2, -0.15) is 0 Å². The number of rotatable bonds is 0. The largest absolute Gasteiger partial charge is 0.305 e. The molecule has 1 aliphatic rings. The number of halogens is 1. The van der Waals surface area contributed by atoms with E-state index >= 15 is 0 Å². The molecule has 44 valence electrons. The topological polar surface area (TPSA) is 23.9 Å². The van der Waals surface area contributed by atoms with Gasteiger partial charge in [0, 0.05) is 10.5 Å². The summed E-state index contributed by atoms with van der Waals surface area (Å²) in [4.78, 5) is 0.511. The van der Waals surface area contributed by atoms with Crippen LogP contribution in [0.4, 0.5) is 0 Å². The van der Waals surface area contributed by atoms with Crippen molar-refractivity contribution < 1.29 is 0 Å². The predicted octanol–water partition coefficient (Wildman–Crippen LogP) is 2.12. The molecule has 2 heteroatoms. The standard InChI is InChI=1S/C6H8BrN/c7-5-1-3-6(8)4-2-5/h1,3,5,8H,2,4H2. The van der Waals surface area contributed by atoms with E-state index in [-0.39, 0.29) is 0 Å². The van der Waals surface area contributed by atoms with E-state index in [1.807, 2.05) is 12.2 Å². The molecule has 0 aromatic heterocycles. The van der Waals surface area contributed by atoms with Gasteiger partial charge in [-0.05, 0) is 18.9 Å². The molecule has 0 aromatic carbocycles. The Balaban J connectivity index is 2.55. The zero-order chi connectivity index (χ0) is 5.98. The second kappa shape index (κ2) is 2.44. The number of hydrogen-bond donors (Lipinski definition) is 1. The maximum atomic E-state index is 7.17. The summed E-state index contributed by atoms with van der Waals surface area (Å²) in [5, 5.41) is 7.17. The van der Waals surface area contributed by atoms with E-state index in [9.17, 15) is 0 Å². The third kappa shape index (κ3) is 1.44. The van der Waals surface area contributed by atoms with Crippen LogP contribution < -0.4 is 0 Å². The van der Waals surface area contributed by atoms with E-state index in [0.29, 0.717) is 4.83 Å². The van der Waals surface area contributed by atoms with Crippen LogP contribution in [0, 0.1) is 5.41 Å². The van der Waals surface area contributed by atoms with Crippen molar-refractivity contribution in [2.24, 2.45) is 0 Å². The summed E-state index contributed by atoms with van der Waals surface area (Å²) in [6.45, 7) is 0. The lowest BCUT2D eigenvalue weighted by molar-refractivity contribution is 0.902. The minimum Gasteiger partial charge on any atom is -0.305 e. The molecule has 0 spiro atoms. The smallest absolute Gasteiger partial charge is 0.0332 e. The van der Waals surface area contributed by atoms with Gasteiger partial charge in [-0.1, -0.05) is 22.0 Å². The highest BCUT2D eigenvalue weighted by atomic mass is 79.9. The third-order valence-corrected chi connectivity index (χ3v) is 1.96. The van der Waals surface area contributed by atoms with Gasteiger partial charge in [-0.3, -0.25) is 0 Å². The van der Waals surface area contributed by atoms with Crippen molar-refractivity contribution in [2.45, 2.75) is 17.7 Å². The summed E-state index contributed by atoms with van der Waals surface area (Å²) in [6.07, 6.45) is 5.89. The molecule has 0 saturated heterocycles. The first-order valence-electron chi connectivity index (χ1n) is 2.69. The van der Waals surface area contributed by atoms with Crippen LogP contribution in [-0.4, -0.2) is 10.5 Å². The number of hydrogen-bond acceptors (Lipinski definition) is 1. The van der Waals surface area contributed by atoms with Crippen LogP contribution in [0.3, 0.4) is 0 Å². The summed E-state index contributed by atoms with van der Waals surface area (Å²) < 4.78 is 0. The van der Waals surface area contributed by atoms with Gasteiger partial charge in [-0.25, -0.2) is 0 Å². The molecule has 1 aliphatic carbocycles. The monoisotopic (exact) mass is 173 g/mol. The summed E-state index contributed by atoms with van der Waals surface area (Å²) in [7, 11) is 0. The molecule has 0 bridgehead atoms. The van der Waals surface area contributed by atoms with Crippen molar-refractivity contribution in [3.63, 3.8) is 0 Å². The zero-order valence-corrected chi connectivity index (χ0v) is 6.11. The van der Waals surface area contributed by atoms with Crippen molar-refractivity contribution in [1.82, 2.24) is 0 Å². The Bertz CT molecular complexity index is 128. The van der Waals surface area contributed by atoms with Crippen LogP contribution in [0.1, 0.15) is 12.8 Å². The number of alkyl halides is 1. The van der Waals surface area contributed by atoms with Gasteiger partial charge < -0.3 is 5.41 Å². The van der Waals surface area contributed by atoms with Gasteiger partial charge in [0.15, 0.2) is 0 Å². The normalized spacial score (nSPS) is 28.6. The highest BCUT2D eigenvalue weighted by molar-refractivity contribution is 9.09. The average Bonchev–Trinajstić information content (AvgIpc) is 1.77. The molecule has 0 heterocycles. The summed E-state index contributed by atoms with van der Waals surface area (Å²) in [5.41, 5.74) is 0.751. The first-order valence-corrected chi connectivity index (χ1v) is 3.60. The predicted molar refractivity (Wildman–Crippen MR) is 38.8 cm³/mol. The van der Waals surface area contributed by atoms with Crippen LogP contribution in [-0.2, 0) is 0 Å². The fourth-order valence-electron chi connectivity index (χ4n) is 0.694. The van der Waals surface area contributed by atoms with Gasteiger partial charge in [0.1, 0.15) is 0 Å². The molecular formula is C6H8BrN. The summed E-state index contributed by atoms with van der Waals surface area (Å²) in [5.74, 6) is 0.